The molecule has 2 aromatic rings. The summed E-state index contributed by atoms with van der Waals surface area (Å²) in [6.45, 7) is 0. The molecular formula is C17H16FNO2S. The van der Waals surface area contributed by atoms with E-state index in [0.717, 1.165) is 36.0 Å². The normalized spacial score (nSPS) is 16.1. The van der Waals surface area contributed by atoms with Gasteiger partial charge in [-0.15, -0.1) is 0 Å². The lowest BCUT2D eigenvalue weighted by Gasteiger charge is -2.10. The smallest absolute Gasteiger partial charge is 0.157 e. The molecular weight excluding hydrogens is 301 g/mol. The summed E-state index contributed by atoms with van der Waals surface area (Å²) < 4.78 is 33.8. The number of benzene rings is 1. The van der Waals surface area contributed by atoms with Crippen molar-refractivity contribution < 1.29 is 13.2 Å². The molecule has 1 aliphatic carbocycles. The van der Waals surface area contributed by atoms with E-state index in [1.165, 1.54) is 11.6 Å². The van der Waals surface area contributed by atoms with Crippen LogP contribution in [0.3, 0.4) is 0 Å². The van der Waals surface area contributed by atoms with Gasteiger partial charge in [0.15, 0.2) is 11.1 Å². The molecule has 0 bridgehead atoms. The van der Waals surface area contributed by atoms with E-state index in [4.69, 9.17) is 4.55 Å². The molecule has 1 atom stereocenters. The van der Waals surface area contributed by atoms with Gasteiger partial charge in [0, 0.05) is 18.0 Å². The van der Waals surface area contributed by atoms with Crippen LogP contribution >= 0.6 is 0 Å². The molecule has 0 saturated carbocycles. The molecule has 0 amide bonds. The van der Waals surface area contributed by atoms with E-state index in [2.05, 4.69) is 4.98 Å². The van der Waals surface area contributed by atoms with Gasteiger partial charge in [0.2, 0.25) is 0 Å². The third kappa shape index (κ3) is 3.15. The first-order valence-corrected chi connectivity index (χ1v) is 8.41. The summed E-state index contributed by atoms with van der Waals surface area (Å²) in [5, 5.41) is 0. The molecule has 5 heteroatoms. The van der Waals surface area contributed by atoms with Crippen molar-refractivity contribution in [2.45, 2.75) is 25.0 Å². The molecule has 1 aromatic carbocycles. The largest absolute Gasteiger partial charge is 0.306 e. The number of hydrogen-bond acceptors (Lipinski definition) is 2. The first kappa shape index (κ1) is 15.1. The molecule has 1 aliphatic rings. The van der Waals surface area contributed by atoms with E-state index < -0.39 is 16.9 Å². The Hall–Kier alpha value is -1.85. The highest BCUT2D eigenvalue weighted by molar-refractivity contribution is 7.78. The van der Waals surface area contributed by atoms with Crippen molar-refractivity contribution >= 4 is 22.2 Å². The minimum absolute atomic E-state index is 0.180. The van der Waals surface area contributed by atoms with Crippen molar-refractivity contribution in [3.05, 3.63) is 65.2 Å². The van der Waals surface area contributed by atoms with Gasteiger partial charge in [-0.1, -0.05) is 18.2 Å². The lowest BCUT2D eigenvalue weighted by atomic mass is 9.97. The number of nitrogens with zero attached hydrogens (tertiary/aromatic N) is 1. The molecule has 0 radical (unpaired) electrons. The van der Waals surface area contributed by atoms with Crippen molar-refractivity contribution in [2.75, 3.05) is 0 Å². The highest BCUT2D eigenvalue weighted by atomic mass is 32.2. The summed E-state index contributed by atoms with van der Waals surface area (Å²) in [6.07, 6.45) is 6.49. The fraction of sp³-hybridized carbons (Fsp3) is 0.235. The zero-order valence-electron chi connectivity index (χ0n) is 12.0. The van der Waals surface area contributed by atoms with Gasteiger partial charge in [-0.05, 0) is 53.7 Å². The maximum absolute atomic E-state index is 14.1. The van der Waals surface area contributed by atoms with Crippen LogP contribution in [0.2, 0.25) is 0 Å². The zero-order chi connectivity index (χ0) is 15.5. The second-order valence-electron chi connectivity index (χ2n) is 5.32. The summed E-state index contributed by atoms with van der Waals surface area (Å²) in [5.41, 5.74) is 4.55. The van der Waals surface area contributed by atoms with Crippen molar-refractivity contribution in [3.63, 3.8) is 0 Å². The standard InChI is InChI=1S/C17H16FNO2S/c18-17-9-12(6-7-14(17)11-22(20)21)15-4-1-5-16(15)13-3-2-8-19-10-13/h2-3,6-10H,1,4-5,11H2,(H,20,21). The minimum atomic E-state index is -2.03. The third-order valence-corrected chi connectivity index (χ3v) is 4.47. The number of aromatic nitrogens is 1. The molecule has 1 heterocycles. The van der Waals surface area contributed by atoms with Crippen LogP contribution in [-0.4, -0.2) is 13.7 Å². The van der Waals surface area contributed by atoms with Crippen LogP contribution < -0.4 is 0 Å². The summed E-state index contributed by atoms with van der Waals surface area (Å²) >= 11 is -2.03. The maximum atomic E-state index is 14.1. The summed E-state index contributed by atoms with van der Waals surface area (Å²) in [7, 11) is 0. The fourth-order valence-corrected chi connectivity index (χ4v) is 3.41. The van der Waals surface area contributed by atoms with E-state index in [1.54, 1.807) is 12.3 Å². The average molecular weight is 317 g/mol. The third-order valence-electron chi connectivity index (χ3n) is 3.91. The zero-order valence-corrected chi connectivity index (χ0v) is 12.8. The molecule has 1 aromatic heterocycles. The van der Waals surface area contributed by atoms with Crippen molar-refractivity contribution in [1.29, 1.82) is 0 Å². The number of allylic oxidation sites excluding steroid dienone is 2. The second kappa shape index (κ2) is 6.50. The van der Waals surface area contributed by atoms with E-state index in [0.29, 0.717) is 0 Å². The lowest BCUT2D eigenvalue weighted by molar-refractivity contribution is 0.559. The van der Waals surface area contributed by atoms with Gasteiger partial charge in [-0.3, -0.25) is 4.98 Å². The van der Waals surface area contributed by atoms with Gasteiger partial charge >= 0.3 is 0 Å². The Morgan fingerprint density at radius 3 is 2.59 bits per heavy atom. The van der Waals surface area contributed by atoms with Crippen LogP contribution in [-0.2, 0) is 16.8 Å². The number of rotatable bonds is 4. The Morgan fingerprint density at radius 2 is 1.95 bits per heavy atom. The van der Waals surface area contributed by atoms with Crippen LogP contribution in [0.1, 0.15) is 36.0 Å². The highest BCUT2D eigenvalue weighted by Crippen LogP contribution is 2.39. The molecule has 3 rings (SSSR count). The Bertz CT molecular complexity index is 744. The lowest BCUT2D eigenvalue weighted by Crippen LogP contribution is -1.98. The van der Waals surface area contributed by atoms with Crippen molar-refractivity contribution in [2.24, 2.45) is 0 Å². The predicted octanol–water partition coefficient (Wildman–Crippen LogP) is 4.04. The molecule has 0 fully saturated rings. The van der Waals surface area contributed by atoms with Gasteiger partial charge in [-0.25, -0.2) is 8.60 Å². The molecule has 0 aliphatic heterocycles. The van der Waals surface area contributed by atoms with E-state index in [9.17, 15) is 8.60 Å². The highest BCUT2D eigenvalue weighted by Gasteiger charge is 2.19. The van der Waals surface area contributed by atoms with Crippen molar-refractivity contribution in [1.82, 2.24) is 4.98 Å². The SMILES string of the molecule is O=S(O)Cc1ccc(C2=C(c3cccnc3)CCC2)cc1F. The molecule has 0 spiro atoms. The van der Waals surface area contributed by atoms with Crippen molar-refractivity contribution in [3.8, 4) is 0 Å². The number of pyridine rings is 1. The minimum Gasteiger partial charge on any atom is -0.306 e. The van der Waals surface area contributed by atoms with Crippen LogP contribution in [0.15, 0.2) is 42.7 Å². The van der Waals surface area contributed by atoms with E-state index in [-0.39, 0.29) is 11.3 Å². The summed E-state index contributed by atoms with van der Waals surface area (Å²) in [4.78, 5) is 4.15. The predicted molar refractivity (Wildman–Crippen MR) is 85.8 cm³/mol. The molecule has 1 unspecified atom stereocenters. The Balaban J connectivity index is 1.99. The Labute approximate surface area is 131 Å². The van der Waals surface area contributed by atoms with Crippen LogP contribution in [0.25, 0.3) is 11.1 Å². The molecule has 0 saturated heterocycles. The van der Waals surface area contributed by atoms with Gasteiger partial charge in [0.25, 0.3) is 0 Å². The van der Waals surface area contributed by atoms with E-state index >= 15 is 0 Å². The monoisotopic (exact) mass is 317 g/mol. The quantitative estimate of drug-likeness (QED) is 0.866. The van der Waals surface area contributed by atoms with Gasteiger partial charge < -0.3 is 4.55 Å². The maximum Gasteiger partial charge on any atom is 0.157 e. The number of hydrogen-bond donors (Lipinski definition) is 1. The molecule has 114 valence electrons. The first-order chi connectivity index (χ1) is 10.6. The van der Waals surface area contributed by atoms with Crippen LogP contribution in [0.4, 0.5) is 4.39 Å². The summed E-state index contributed by atoms with van der Waals surface area (Å²) in [6, 6.07) is 8.83. The molecule has 3 nitrogen and oxygen atoms in total. The van der Waals surface area contributed by atoms with E-state index in [1.807, 2.05) is 24.4 Å². The summed E-state index contributed by atoms with van der Waals surface area (Å²) in [5.74, 6) is -0.606. The van der Waals surface area contributed by atoms with Crippen LogP contribution in [0.5, 0.6) is 0 Å². The van der Waals surface area contributed by atoms with Crippen LogP contribution in [0, 0.1) is 5.82 Å². The fourth-order valence-electron chi connectivity index (χ4n) is 2.91. The second-order valence-corrected chi connectivity index (χ2v) is 6.26. The van der Waals surface area contributed by atoms with Gasteiger partial charge in [0.05, 0.1) is 5.75 Å². The van der Waals surface area contributed by atoms with Gasteiger partial charge in [0.1, 0.15) is 5.82 Å². The number of halogens is 1. The first-order valence-electron chi connectivity index (χ1n) is 7.14. The molecule has 22 heavy (non-hydrogen) atoms. The topological polar surface area (TPSA) is 50.2 Å². The van der Waals surface area contributed by atoms with Gasteiger partial charge in [-0.2, -0.15) is 0 Å². The Morgan fingerprint density at radius 1 is 1.18 bits per heavy atom. The molecule has 1 N–H and O–H groups in total. The Kier molecular flexibility index (Phi) is 4.45. The average Bonchev–Trinajstić information content (AvgIpc) is 2.99.